The molecule has 0 aromatic rings. The third kappa shape index (κ3) is 2.43. The Morgan fingerprint density at radius 2 is 2.21 bits per heavy atom. The van der Waals surface area contributed by atoms with E-state index in [0.29, 0.717) is 13.2 Å². The van der Waals surface area contributed by atoms with Crippen molar-refractivity contribution >= 4 is 11.8 Å². The van der Waals surface area contributed by atoms with Crippen LogP contribution >= 0.6 is 0 Å². The van der Waals surface area contributed by atoms with Crippen LogP contribution in [0.1, 0.15) is 6.92 Å². The lowest BCUT2D eigenvalue weighted by Crippen LogP contribution is -2.53. The summed E-state index contributed by atoms with van der Waals surface area (Å²) in [5.74, 6) is -0.730. The molecule has 1 saturated heterocycles. The highest BCUT2D eigenvalue weighted by molar-refractivity contribution is 5.83. The molecule has 1 fully saturated rings. The maximum atomic E-state index is 11.5. The highest BCUT2D eigenvalue weighted by Crippen LogP contribution is 2.05. The van der Waals surface area contributed by atoms with Gasteiger partial charge in [-0.2, -0.15) is 0 Å². The fourth-order valence-corrected chi connectivity index (χ4v) is 1.31. The fraction of sp³-hybridized carbons (Fsp3) is 0.750. The van der Waals surface area contributed by atoms with Crippen molar-refractivity contribution in [2.24, 2.45) is 11.5 Å². The van der Waals surface area contributed by atoms with Gasteiger partial charge in [0, 0.05) is 6.54 Å². The van der Waals surface area contributed by atoms with E-state index >= 15 is 0 Å². The van der Waals surface area contributed by atoms with Crippen LogP contribution in [0.3, 0.4) is 0 Å². The van der Waals surface area contributed by atoms with Crippen LogP contribution in [-0.4, -0.2) is 48.6 Å². The summed E-state index contributed by atoms with van der Waals surface area (Å²) in [5, 5.41) is 0. The van der Waals surface area contributed by atoms with Crippen molar-refractivity contribution in [3.8, 4) is 0 Å². The van der Waals surface area contributed by atoms with Crippen LogP contribution in [0.2, 0.25) is 0 Å². The number of carbonyl (C=O) groups excluding carboxylic acids is 2. The van der Waals surface area contributed by atoms with E-state index in [1.54, 1.807) is 6.92 Å². The molecule has 1 heterocycles. The number of nitrogens with zero attached hydrogens (tertiary/aromatic N) is 1. The summed E-state index contributed by atoms with van der Waals surface area (Å²) in [5.41, 5.74) is 10.5. The van der Waals surface area contributed by atoms with E-state index in [2.05, 4.69) is 0 Å². The van der Waals surface area contributed by atoms with Crippen molar-refractivity contribution in [2.75, 3.05) is 19.7 Å². The molecule has 0 aliphatic carbocycles. The second kappa shape index (κ2) is 4.39. The first-order chi connectivity index (χ1) is 6.52. The minimum atomic E-state index is -0.702. The van der Waals surface area contributed by atoms with Gasteiger partial charge in [-0.15, -0.1) is 0 Å². The molecule has 0 aromatic carbocycles. The minimum Gasteiger partial charge on any atom is -0.367 e. The SMILES string of the molecule is C[C@H](N)C(=O)N1CCOC(C(N)=O)C1. The van der Waals surface area contributed by atoms with Crippen LogP contribution in [0.15, 0.2) is 0 Å². The van der Waals surface area contributed by atoms with Crippen LogP contribution in [0.5, 0.6) is 0 Å². The lowest BCUT2D eigenvalue weighted by molar-refractivity contribution is -0.146. The van der Waals surface area contributed by atoms with E-state index in [9.17, 15) is 9.59 Å². The zero-order valence-electron chi connectivity index (χ0n) is 8.10. The van der Waals surface area contributed by atoms with Crippen LogP contribution < -0.4 is 11.5 Å². The minimum absolute atomic E-state index is 0.181. The Labute approximate surface area is 82.2 Å². The van der Waals surface area contributed by atoms with Gasteiger partial charge in [-0.25, -0.2) is 0 Å². The number of morpholine rings is 1. The molecule has 0 aromatic heterocycles. The van der Waals surface area contributed by atoms with Crippen LogP contribution in [0, 0.1) is 0 Å². The molecular formula is C8H15N3O3. The van der Waals surface area contributed by atoms with Crippen molar-refractivity contribution in [3.63, 3.8) is 0 Å². The Kier molecular flexibility index (Phi) is 3.43. The molecule has 80 valence electrons. The summed E-state index contributed by atoms with van der Waals surface area (Å²) >= 11 is 0. The second-order valence-electron chi connectivity index (χ2n) is 3.33. The van der Waals surface area contributed by atoms with Crippen LogP contribution in [0.4, 0.5) is 0 Å². The summed E-state index contributed by atoms with van der Waals surface area (Å²) in [6.45, 7) is 2.60. The summed E-state index contributed by atoms with van der Waals surface area (Å²) in [6.07, 6.45) is -0.702. The Bertz CT molecular complexity index is 242. The van der Waals surface area contributed by atoms with Gasteiger partial charge in [0.1, 0.15) is 0 Å². The van der Waals surface area contributed by atoms with E-state index in [1.807, 2.05) is 0 Å². The van der Waals surface area contributed by atoms with Gasteiger partial charge in [-0.05, 0) is 6.92 Å². The molecule has 2 amide bonds. The molecule has 1 unspecified atom stereocenters. The van der Waals surface area contributed by atoms with Crippen molar-refractivity contribution in [2.45, 2.75) is 19.1 Å². The first kappa shape index (κ1) is 10.9. The Morgan fingerprint density at radius 3 is 2.71 bits per heavy atom. The number of amides is 2. The summed E-state index contributed by atoms with van der Waals surface area (Å²) in [4.78, 5) is 23.8. The quantitative estimate of drug-likeness (QED) is 0.542. The molecule has 4 N–H and O–H groups in total. The first-order valence-corrected chi connectivity index (χ1v) is 4.47. The van der Waals surface area contributed by atoms with Gasteiger partial charge in [-0.3, -0.25) is 9.59 Å². The molecule has 6 nitrogen and oxygen atoms in total. The predicted molar refractivity (Wildman–Crippen MR) is 49.2 cm³/mol. The second-order valence-corrected chi connectivity index (χ2v) is 3.33. The standard InChI is InChI=1S/C8H15N3O3/c1-5(9)8(13)11-2-3-14-6(4-11)7(10)12/h5-6H,2-4,9H2,1H3,(H2,10,12)/t5-,6?/m0/s1. The van der Waals surface area contributed by atoms with Crippen molar-refractivity contribution < 1.29 is 14.3 Å². The highest BCUT2D eigenvalue weighted by atomic mass is 16.5. The predicted octanol–water partition coefficient (Wildman–Crippen LogP) is -1.95. The van der Waals surface area contributed by atoms with Crippen molar-refractivity contribution in [1.82, 2.24) is 4.90 Å². The van der Waals surface area contributed by atoms with Gasteiger partial charge in [-0.1, -0.05) is 0 Å². The molecule has 1 rings (SSSR count). The normalized spacial score (nSPS) is 24.4. The fourth-order valence-electron chi connectivity index (χ4n) is 1.31. The maximum Gasteiger partial charge on any atom is 0.248 e. The van der Waals surface area contributed by atoms with Gasteiger partial charge in [0.2, 0.25) is 11.8 Å². The number of hydrogen-bond acceptors (Lipinski definition) is 4. The van der Waals surface area contributed by atoms with E-state index in [-0.39, 0.29) is 12.5 Å². The van der Waals surface area contributed by atoms with E-state index in [0.717, 1.165) is 0 Å². The zero-order chi connectivity index (χ0) is 10.7. The summed E-state index contributed by atoms with van der Waals surface area (Å²) in [6, 6.07) is -0.554. The van der Waals surface area contributed by atoms with Gasteiger partial charge in [0.15, 0.2) is 6.10 Å². The maximum absolute atomic E-state index is 11.5. The van der Waals surface area contributed by atoms with Crippen LogP contribution in [-0.2, 0) is 14.3 Å². The smallest absolute Gasteiger partial charge is 0.248 e. The number of ether oxygens (including phenoxy) is 1. The van der Waals surface area contributed by atoms with Crippen molar-refractivity contribution in [3.05, 3.63) is 0 Å². The number of primary amides is 1. The molecule has 0 bridgehead atoms. The Balaban J connectivity index is 2.56. The Morgan fingerprint density at radius 1 is 1.57 bits per heavy atom. The third-order valence-electron chi connectivity index (χ3n) is 2.08. The topological polar surface area (TPSA) is 98.7 Å². The molecule has 0 radical (unpaired) electrons. The van der Waals surface area contributed by atoms with Crippen LogP contribution in [0.25, 0.3) is 0 Å². The molecule has 0 saturated carbocycles. The molecule has 1 aliphatic heterocycles. The number of rotatable bonds is 2. The molecule has 2 atom stereocenters. The zero-order valence-corrected chi connectivity index (χ0v) is 8.10. The summed E-state index contributed by atoms with van der Waals surface area (Å²) in [7, 11) is 0. The average Bonchev–Trinajstić information content (AvgIpc) is 2.16. The molecular weight excluding hydrogens is 186 g/mol. The average molecular weight is 201 g/mol. The molecule has 6 heteroatoms. The molecule has 0 spiro atoms. The molecule has 14 heavy (non-hydrogen) atoms. The van der Waals surface area contributed by atoms with Gasteiger partial charge < -0.3 is 21.1 Å². The van der Waals surface area contributed by atoms with E-state index in [1.165, 1.54) is 4.90 Å². The van der Waals surface area contributed by atoms with Gasteiger partial charge >= 0.3 is 0 Å². The number of carbonyl (C=O) groups is 2. The largest absolute Gasteiger partial charge is 0.367 e. The lowest BCUT2D eigenvalue weighted by atomic mass is 10.2. The number of nitrogens with two attached hydrogens (primary N) is 2. The van der Waals surface area contributed by atoms with Crippen molar-refractivity contribution in [1.29, 1.82) is 0 Å². The Hall–Kier alpha value is -1.14. The number of hydrogen-bond donors (Lipinski definition) is 2. The monoisotopic (exact) mass is 201 g/mol. The van der Waals surface area contributed by atoms with Gasteiger partial charge in [0.05, 0.1) is 19.2 Å². The highest BCUT2D eigenvalue weighted by Gasteiger charge is 2.28. The van der Waals surface area contributed by atoms with Gasteiger partial charge in [0.25, 0.3) is 0 Å². The van der Waals surface area contributed by atoms with E-state index < -0.39 is 18.1 Å². The van der Waals surface area contributed by atoms with E-state index in [4.69, 9.17) is 16.2 Å². The summed E-state index contributed by atoms with van der Waals surface area (Å²) < 4.78 is 5.09. The molecule has 1 aliphatic rings. The first-order valence-electron chi connectivity index (χ1n) is 4.47. The third-order valence-corrected chi connectivity index (χ3v) is 2.08. The lowest BCUT2D eigenvalue weighted by Gasteiger charge is -2.32.